The molecule has 4 heteroatoms. The molecule has 0 aromatic rings. The number of nitrogens with zero attached hydrogens (tertiary/aromatic N) is 2. The van der Waals surface area contributed by atoms with Crippen molar-refractivity contribution in [1.82, 2.24) is 4.90 Å². The Balaban J connectivity index is 2.82. The first-order valence-electron chi connectivity index (χ1n) is 5.06. The molecule has 0 bridgehead atoms. The third-order valence-corrected chi connectivity index (χ3v) is 2.86. The molecule has 0 fully saturated rings. The van der Waals surface area contributed by atoms with Crippen molar-refractivity contribution in [2.75, 3.05) is 20.1 Å². The summed E-state index contributed by atoms with van der Waals surface area (Å²) < 4.78 is 0. The lowest BCUT2D eigenvalue weighted by Crippen LogP contribution is -2.37. The van der Waals surface area contributed by atoms with Gasteiger partial charge in [-0.1, -0.05) is 20.3 Å². The first-order valence-corrected chi connectivity index (χ1v) is 5.06. The molecule has 0 radical (unpaired) electrons. The second kappa shape index (κ2) is 4.44. The van der Waals surface area contributed by atoms with Crippen LogP contribution in [0.4, 0.5) is 0 Å². The predicted molar refractivity (Wildman–Crippen MR) is 55.5 cm³/mol. The summed E-state index contributed by atoms with van der Waals surface area (Å²) in [6.45, 7) is 5.55. The number of likely N-dealkylation sites (N-methyl/N-ethyl adjacent to an activating group) is 1. The summed E-state index contributed by atoms with van der Waals surface area (Å²) in [5.74, 6) is -0.307. The zero-order valence-corrected chi connectivity index (χ0v) is 9.03. The van der Waals surface area contributed by atoms with Crippen molar-refractivity contribution in [2.45, 2.75) is 20.3 Å². The molecule has 1 aliphatic rings. The molecule has 1 N–H and O–H groups in total. The summed E-state index contributed by atoms with van der Waals surface area (Å²) >= 11 is 0. The highest BCUT2D eigenvalue weighted by molar-refractivity contribution is 6.01. The number of rotatable bonds is 4. The van der Waals surface area contributed by atoms with Gasteiger partial charge >= 0.3 is 5.97 Å². The zero-order valence-electron chi connectivity index (χ0n) is 9.03. The SMILES string of the molecule is CCC(C)C(C(=O)O)C1=NCCN1C. The number of carboxylic acids is 1. The van der Waals surface area contributed by atoms with Crippen molar-refractivity contribution in [2.24, 2.45) is 16.8 Å². The van der Waals surface area contributed by atoms with Crippen LogP contribution in [0.1, 0.15) is 20.3 Å². The van der Waals surface area contributed by atoms with Gasteiger partial charge in [-0.2, -0.15) is 0 Å². The molecule has 0 saturated heterocycles. The van der Waals surface area contributed by atoms with Crippen LogP contribution in [0.3, 0.4) is 0 Å². The van der Waals surface area contributed by atoms with Crippen molar-refractivity contribution in [3.63, 3.8) is 0 Å². The van der Waals surface area contributed by atoms with Crippen molar-refractivity contribution >= 4 is 11.8 Å². The zero-order chi connectivity index (χ0) is 10.7. The summed E-state index contributed by atoms with van der Waals surface area (Å²) in [5, 5.41) is 9.15. The van der Waals surface area contributed by atoms with E-state index in [-0.39, 0.29) is 5.92 Å². The van der Waals surface area contributed by atoms with Crippen molar-refractivity contribution in [3.8, 4) is 0 Å². The number of carbonyl (C=O) groups is 1. The number of hydrogen-bond acceptors (Lipinski definition) is 3. The van der Waals surface area contributed by atoms with E-state index in [9.17, 15) is 4.79 Å². The maximum absolute atomic E-state index is 11.1. The summed E-state index contributed by atoms with van der Waals surface area (Å²) in [4.78, 5) is 17.3. The first kappa shape index (κ1) is 11.0. The standard InChI is InChI=1S/C10H18N2O2/c1-4-7(2)8(10(13)14)9-11-5-6-12(9)3/h7-8H,4-6H2,1-3H3,(H,13,14). The van der Waals surface area contributed by atoms with Crippen LogP contribution in [0.15, 0.2) is 4.99 Å². The Hall–Kier alpha value is -1.06. The lowest BCUT2D eigenvalue weighted by atomic mass is 9.90. The highest BCUT2D eigenvalue weighted by Gasteiger charge is 2.32. The molecule has 0 saturated carbocycles. The molecule has 2 unspecified atom stereocenters. The number of aliphatic carboxylic acids is 1. The van der Waals surface area contributed by atoms with Gasteiger partial charge < -0.3 is 10.0 Å². The van der Waals surface area contributed by atoms with Crippen LogP contribution in [-0.2, 0) is 4.79 Å². The largest absolute Gasteiger partial charge is 0.481 e. The van der Waals surface area contributed by atoms with E-state index in [4.69, 9.17) is 5.11 Å². The predicted octanol–water partition coefficient (Wildman–Crippen LogP) is 1.08. The van der Waals surface area contributed by atoms with Crippen LogP contribution in [0.2, 0.25) is 0 Å². The van der Waals surface area contributed by atoms with E-state index in [1.165, 1.54) is 0 Å². The molecule has 4 nitrogen and oxygen atoms in total. The second-order valence-electron chi connectivity index (χ2n) is 3.86. The molecule has 2 atom stereocenters. The molecular formula is C10H18N2O2. The molecule has 0 aromatic heterocycles. The third-order valence-electron chi connectivity index (χ3n) is 2.86. The van der Waals surface area contributed by atoms with E-state index in [1.807, 2.05) is 25.8 Å². The van der Waals surface area contributed by atoms with Crippen LogP contribution < -0.4 is 0 Å². The normalized spacial score (nSPS) is 20.5. The highest BCUT2D eigenvalue weighted by Crippen LogP contribution is 2.21. The van der Waals surface area contributed by atoms with Crippen LogP contribution in [0, 0.1) is 11.8 Å². The topological polar surface area (TPSA) is 52.9 Å². The quantitative estimate of drug-likeness (QED) is 0.735. The maximum Gasteiger partial charge on any atom is 0.314 e. The van der Waals surface area contributed by atoms with Gasteiger partial charge in [-0.15, -0.1) is 0 Å². The number of hydrogen-bond donors (Lipinski definition) is 1. The van der Waals surface area contributed by atoms with E-state index in [2.05, 4.69) is 4.99 Å². The van der Waals surface area contributed by atoms with E-state index in [1.54, 1.807) is 0 Å². The van der Waals surface area contributed by atoms with Crippen LogP contribution in [0.5, 0.6) is 0 Å². The minimum Gasteiger partial charge on any atom is -0.481 e. The first-order chi connectivity index (χ1) is 6.57. The Morgan fingerprint density at radius 3 is 2.71 bits per heavy atom. The van der Waals surface area contributed by atoms with Gasteiger partial charge in [-0.05, 0) is 5.92 Å². The average molecular weight is 198 g/mol. The lowest BCUT2D eigenvalue weighted by molar-refractivity contribution is -0.140. The Kier molecular flexibility index (Phi) is 3.49. The minimum atomic E-state index is -0.758. The van der Waals surface area contributed by atoms with Gasteiger partial charge in [0.25, 0.3) is 0 Å². The third kappa shape index (κ3) is 2.05. The maximum atomic E-state index is 11.1. The summed E-state index contributed by atoms with van der Waals surface area (Å²) in [6.07, 6.45) is 0.865. The van der Waals surface area contributed by atoms with Gasteiger partial charge in [0.05, 0.1) is 6.54 Å². The molecule has 1 heterocycles. The van der Waals surface area contributed by atoms with E-state index in [0.717, 1.165) is 25.3 Å². The Bertz CT molecular complexity index is 251. The van der Waals surface area contributed by atoms with Gasteiger partial charge in [0.2, 0.25) is 0 Å². The average Bonchev–Trinajstić information content (AvgIpc) is 2.52. The number of carboxylic acid groups (broad SMARTS) is 1. The van der Waals surface area contributed by atoms with Crippen molar-refractivity contribution in [3.05, 3.63) is 0 Å². The van der Waals surface area contributed by atoms with Gasteiger partial charge in [0.15, 0.2) is 0 Å². The van der Waals surface area contributed by atoms with Gasteiger partial charge in [-0.25, -0.2) is 0 Å². The van der Waals surface area contributed by atoms with E-state index >= 15 is 0 Å². The molecule has 14 heavy (non-hydrogen) atoms. The fourth-order valence-electron chi connectivity index (χ4n) is 1.73. The second-order valence-corrected chi connectivity index (χ2v) is 3.86. The van der Waals surface area contributed by atoms with E-state index < -0.39 is 11.9 Å². The highest BCUT2D eigenvalue weighted by atomic mass is 16.4. The van der Waals surface area contributed by atoms with Crippen LogP contribution >= 0.6 is 0 Å². The smallest absolute Gasteiger partial charge is 0.314 e. The number of aliphatic imine (C=N–C) groups is 1. The van der Waals surface area contributed by atoms with E-state index in [0.29, 0.717) is 0 Å². The fraction of sp³-hybridized carbons (Fsp3) is 0.800. The van der Waals surface area contributed by atoms with Gasteiger partial charge in [0, 0.05) is 13.6 Å². The molecular weight excluding hydrogens is 180 g/mol. The lowest BCUT2D eigenvalue weighted by Gasteiger charge is -2.24. The molecule has 1 aliphatic heterocycles. The van der Waals surface area contributed by atoms with Gasteiger partial charge in [-0.3, -0.25) is 9.79 Å². The minimum absolute atomic E-state index is 0.145. The molecule has 0 aliphatic carbocycles. The van der Waals surface area contributed by atoms with Crippen molar-refractivity contribution in [1.29, 1.82) is 0 Å². The summed E-state index contributed by atoms with van der Waals surface area (Å²) in [5.41, 5.74) is 0. The Morgan fingerprint density at radius 2 is 2.36 bits per heavy atom. The van der Waals surface area contributed by atoms with Crippen LogP contribution in [0.25, 0.3) is 0 Å². The fourth-order valence-corrected chi connectivity index (χ4v) is 1.73. The Morgan fingerprint density at radius 1 is 1.71 bits per heavy atom. The van der Waals surface area contributed by atoms with Gasteiger partial charge in [0.1, 0.15) is 11.8 Å². The summed E-state index contributed by atoms with van der Waals surface area (Å²) in [7, 11) is 1.91. The Labute approximate surface area is 84.6 Å². The molecule has 0 spiro atoms. The molecule has 80 valence electrons. The molecule has 0 aromatic carbocycles. The molecule has 1 rings (SSSR count). The molecule has 0 amide bonds. The number of amidine groups is 1. The van der Waals surface area contributed by atoms with Crippen molar-refractivity contribution < 1.29 is 9.90 Å². The summed E-state index contributed by atoms with van der Waals surface area (Å²) in [6, 6.07) is 0. The monoisotopic (exact) mass is 198 g/mol. The van der Waals surface area contributed by atoms with Crippen LogP contribution in [-0.4, -0.2) is 41.9 Å².